The smallest absolute Gasteiger partial charge is 0.374 e. The summed E-state index contributed by atoms with van der Waals surface area (Å²) >= 11 is 11.8. The predicted octanol–water partition coefficient (Wildman–Crippen LogP) is 6.07. The summed E-state index contributed by atoms with van der Waals surface area (Å²) in [4.78, 5) is 5.01. The van der Waals surface area contributed by atoms with Crippen LogP contribution in [0, 0.1) is 6.92 Å². The van der Waals surface area contributed by atoms with Crippen LogP contribution in [0.4, 0.5) is 13.2 Å². The molecule has 150 valence electrons. The van der Waals surface area contributed by atoms with E-state index in [1.807, 2.05) is 13.0 Å². The molecular weight excluding hydrogens is 426 g/mol. The number of benzene rings is 2. The minimum absolute atomic E-state index is 0.0899. The molecule has 2 heterocycles. The zero-order chi connectivity index (χ0) is 20.8. The molecule has 0 fully saturated rings. The number of aromatic nitrogens is 2. The van der Waals surface area contributed by atoms with Crippen molar-refractivity contribution in [2.24, 2.45) is 5.16 Å². The molecule has 0 radical (unpaired) electrons. The van der Waals surface area contributed by atoms with Crippen LogP contribution in [0.15, 0.2) is 59.9 Å². The van der Waals surface area contributed by atoms with Crippen molar-refractivity contribution in [2.45, 2.75) is 25.1 Å². The SMILES string of the molecule is Cc1ccn(-c2ccc(C3=NOC(c4cc(Cl)cc(Cl)c4)(C(F)(F)F)C3)cc2)n1. The van der Waals surface area contributed by atoms with Crippen LogP contribution >= 0.6 is 23.2 Å². The maximum absolute atomic E-state index is 14.0. The van der Waals surface area contributed by atoms with E-state index in [-0.39, 0.29) is 21.3 Å². The van der Waals surface area contributed by atoms with E-state index >= 15 is 0 Å². The highest BCUT2D eigenvalue weighted by molar-refractivity contribution is 6.34. The van der Waals surface area contributed by atoms with Gasteiger partial charge in [0, 0.05) is 28.2 Å². The topological polar surface area (TPSA) is 39.4 Å². The maximum atomic E-state index is 14.0. The van der Waals surface area contributed by atoms with Crippen molar-refractivity contribution < 1.29 is 18.0 Å². The largest absolute Gasteiger partial charge is 0.435 e. The van der Waals surface area contributed by atoms with Crippen LogP contribution in [0.1, 0.15) is 23.2 Å². The molecule has 0 saturated heterocycles. The molecule has 0 spiro atoms. The molecule has 4 rings (SSSR count). The van der Waals surface area contributed by atoms with Gasteiger partial charge < -0.3 is 4.84 Å². The monoisotopic (exact) mass is 439 g/mol. The molecule has 0 aliphatic carbocycles. The zero-order valence-corrected chi connectivity index (χ0v) is 16.6. The third-order valence-corrected chi connectivity index (χ3v) is 5.14. The van der Waals surface area contributed by atoms with Crippen LogP contribution in [0.25, 0.3) is 5.69 Å². The van der Waals surface area contributed by atoms with Crippen molar-refractivity contribution in [1.29, 1.82) is 0 Å². The average molecular weight is 440 g/mol. The molecule has 0 amide bonds. The van der Waals surface area contributed by atoms with Crippen LogP contribution in [0.3, 0.4) is 0 Å². The van der Waals surface area contributed by atoms with E-state index in [1.54, 1.807) is 35.1 Å². The fourth-order valence-electron chi connectivity index (χ4n) is 3.21. The molecule has 0 bridgehead atoms. The Labute approximate surface area is 174 Å². The lowest BCUT2D eigenvalue weighted by molar-refractivity contribution is -0.275. The molecule has 3 aromatic rings. The van der Waals surface area contributed by atoms with Crippen molar-refractivity contribution in [3.05, 3.63) is 81.6 Å². The van der Waals surface area contributed by atoms with Gasteiger partial charge in [0.1, 0.15) is 0 Å². The first-order valence-electron chi connectivity index (χ1n) is 8.59. The van der Waals surface area contributed by atoms with E-state index in [0.717, 1.165) is 11.4 Å². The quantitative estimate of drug-likeness (QED) is 0.496. The second-order valence-corrected chi connectivity index (χ2v) is 7.61. The van der Waals surface area contributed by atoms with Crippen LogP contribution in [0.5, 0.6) is 0 Å². The summed E-state index contributed by atoms with van der Waals surface area (Å²) < 4.78 is 43.8. The molecule has 0 N–H and O–H groups in total. The second kappa shape index (κ2) is 7.07. The Morgan fingerprint density at radius 2 is 1.69 bits per heavy atom. The standard InChI is InChI=1S/C20H14Cl2F3N3O/c1-12-6-7-28(26-12)17-4-2-13(3-5-17)18-11-19(29-27-18,20(23,24)25)14-8-15(21)10-16(22)9-14/h2-10H,11H2,1H3. The summed E-state index contributed by atoms with van der Waals surface area (Å²) in [6, 6.07) is 12.5. The summed E-state index contributed by atoms with van der Waals surface area (Å²) in [7, 11) is 0. The lowest BCUT2D eigenvalue weighted by Crippen LogP contribution is -2.42. The Bertz CT molecular complexity index is 1070. The summed E-state index contributed by atoms with van der Waals surface area (Å²) in [5, 5.41) is 8.24. The Morgan fingerprint density at radius 1 is 1.03 bits per heavy atom. The highest BCUT2D eigenvalue weighted by atomic mass is 35.5. The highest BCUT2D eigenvalue weighted by Gasteiger charge is 2.62. The lowest BCUT2D eigenvalue weighted by Gasteiger charge is -2.29. The normalized spacial score (nSPS) is 19.2. The third-order valence-electron chi connectivity index (χ3n) is 4.70. The molecule has 4 nitrogen and oxygen atoms in total. The number of oxime groups is 1. The average Bonchev–Trinajstić information content (AvgIpc) is 3.28. The molecule has 1 aliphatic heterocycles. The minimum Gasteiger partial charge on any atom is -0.374 e. The fourth-order valence-corrected chi connectivity index (χ4v) is 3.74. The third kappa shape index (κ3) is 3.60. The highest BCUT2D eigenvalue weighted by Crippen LogP contribution is 2.49. The van der Waals surface area contributed by atoms with Gasteiger partial charge in [-0.25, -0.2) is 4.68 Å². The van der Waals surface area contributed by atoms with Crippen molar-refractivity contribution in [3.63, 3.8) is 0 Å². The van der Waals surface area contributed by atoms with E-state index in [4.69, 9.17) is 28.0 Å². The molecule has 1 atom stereocenters. The van der Waals surface area contributed by atoms with Crippen LogP contribution in [0.2, 0.25) is 10.0 Å². The molecule has 0 saturated carbocycles. The summed E-state index contributed by atoms with van der Waals surface area (Å²) in [6.07, 6.45) is -3.41. The summed E-state index contributed by atoms with van der Waals surface area (Å²) in [6.45, 7) is 1.87. The first-order chi connectivity index (χ1) is 13.7. The molecule has 1 aromatic heterocycles. The van der Waals surface area contributed by atoms with Crippen LogP contribution < -0.4 is 0 Å². The van der Waals surface area contributed by atoms with Gasteiger partial charge in [0.25, 0.3) is 5.60 Å². The number of aryl methyl sites for hydroxylation is 1. The first-order valence-corrected chi connectivity index (χ1v) is 9.35. The Balaban J connectivity index is 1.66. The van der Waals surface area contributed by atoms with E-state index in [2.05, 4.69) is 10.3 Å². The predicted molar refractivity (Wildman–Crippen MR) is 105 cm³/mol. The molecule has 1 unspecified atom stereocenters. The van der Waals surface area contributed by atoms with E-state index in [9.17, 15) is 13.2 Å². The fraction of sp³-hybridized carbons (Fsp3) is 0.200. The van der Waals surface area contributed by atoms with Gasteiger partial charge in [-0.3, -0.25) is 0 Å². The lowest BCUT2D eigenvalue weighted by atomic mass is 9.86. The number of alkyl halides is 3. The van der Waals surface area contributed by atoms with Crippen molar-refractivity contribution >= 4 is 28.9 Å². The molecular formula is C20H14Cl2F3N3O. The number of rotatable bonds is 3. The Hall–Kier alpha value is -2.51. The summed E-state index contributed by atoms with van der Waals surface area (Å²) in [5.74, 6) is 0. The van der Waals surface area contributed by atoms with Gasteiger partial charge in [0.2, 0.25) is 0 Å². The van der Waals surface area contributed by atoms with E-state index in [0.29, 0.717) is 5.56 Å². The Morgan fingerprint density at radius 3 is 2.24 bits per heavy atom. The van der Waals surface area contributed by atoms with Crippen molar-refractivity contribution in [1.82, 2.24) is 9.78 Å². The van der Waals surface area contributed by atoms with Gasteiger partial charge in [-0.15, -0.1) is 0 Å². The van der Waals surface area contributed by atoms with Gasteiger partial charge in [-0.2, -0.15) is 18.3 Å². The number of nitrogens with zero attached hydrogens (tertiary/aromatic N) is 3. The molecule has 9 heteroatoms. The molecule has 29 heavy (non-hydrogen) atoms. The van der Waals surface area contributed by atoms with Gasteiger partial charge in [0.15, 0.2) is 0 Å². The van der Waals surface area contributed by atoms with Crippen molar-refractivity contribution in [3.8, 4) is 5.69 Å². The van der Waals surface area contributed by atoms with Gasteiger partial charge in [-0.05, 0) is 48.9 Å². The van der Waals surface area contributed by atoms with Gasteiger partial charge in [-0.1, -0.05) is 40.5 Å². The van der Waals surface area contributed by atoms with E-state index < -0.39 is 18.2 Å². The maximum Gasteiger partial charge on any atom is 0.435 e. The minimum atomic E-state index is -4.72. The summed E-state index contributed by atoms with van der Waals surface area (Å²) in [5.41, 5.74) is -0.486. The molecule has 2 aromatic carbocycles. The zero-order valence-electron chi connectivity index (χ0n) is 15.0. The number of hydrogen-bond acceptors (Lipinski definition) is 3. The van der Waals surface area contributed by atoms with Crippen LogP contribution in [-0.4, -0.2) is 21.7 Å². The Kier molecular flexibility index (Phi) is 4.83. The second-order valence-electron chi connectivity index (χ2n) is 6.74. The van der Waals surface area contributed by atoms with Gasteiger partial charge >= 0.3 is 6.18 Å². The van der Waals surface area contributed by atoms with E-state index in [1.165, 1.54) is 18.2 Å². The number of hydrogen-bond donors (Lipinski definition) is 0. The van der Waals surface area contributed by atoms with Gasteiger partial charge in [0.05, 0.1) is 17.1 Å². The number of halogens is 5. The van der Waals surface area contributed by atoms with Crippen LogP contribution in [-0.2, 0) is 10.4 Å². The first kappa shape index (κ1) is 19.8. The van der Waals surface area contributed by atoms with Crippen molar-refractivity contribution in [2.75, 3.05) is 0 Å². The molecule has 1 aliphatic rings.